The number of carboxylic acids is 1. The number of carbonyl (C=O) groups excluding carboxylic acids is 1. The molecule has 1 aliphatic rings. The topological polar surface area (TPSA) is 69.6 Å². The van der Waals surface area contributed by atoms with Gasteiger partial charge >= 0.3 is 12.0 Å². The summed E-state index contributed by atoms with van der Waals surface area (Å²) in [6.07, 6.45) is 1.07. The van der Waals surface area contributed by atoms with E-state index < -0.39 is 5.97 Å². The van der Waals surface area contributed by atoms with E-state index in [1.54, 1.807) is 4.90 Å². The minimum atomic E-state index is -0.758. The Hall–Kier alpha value is -2.04. The zero-order valence-corrected chi connectivity index (χ0v) is 13.5. The number of amides is 2. The predicted octanol–water partition coefficient (Wildman–Crippen LogP) is 2.62. The van der Waals surface area contributed by atoms with Crippen molar-refractivity contribution in [3.8, 4) is 0 Å². The van der Waals surface area contributed by atoms with E-state index in [2.05, 4.69) is 38.2 Å². The van der Waals surface area contributed by atoms with E-state index in [0.29, 0.717) is 32.5 Å². The number of hydrogen-bond donors (Lipinski definition) is 2. The van der Waals surface area contributed by atoms with Crippen molar-refractivity contribution in [2.45, 2.75) is 40.2 Å². The Balaban J connectivity index is 1.90. The number of carboxylic acid groups (broad SMARTS) is 1. The molecule has 2 rings (SSSR count). The van der Waals surface area contributed by atoms with Gasteiger partial charge in [0.25, 0.3) is 0 Å². The predicted molar refractivity (Wildman–Crippen MR) is 84.8 cm³/mol. The summed E-state index contributed by atoms with van der Waals surface area (Å²) in [6.45, 7) is 7.70. The molecule has 22 heavy (non-hydrogen) atoms. The first-order valence-electron chi connectivity index (χ1n) is 7.70. The van der Waals surface area contributed by atoms with Gasteiger partial charge in [-0.05, 0) is 50.3 Å². The van der Waals surface area contributed by atoms with Crippen molar-refractivity contribution in [3.63, 3.8) is 0 Å². The number of aryl methyl sites for hydroxylation is 3. The smallest absolute Gasteiger partial charge is 0.317 e. The monoisotopic (exact) mass is 304 g/mol. The standard InChI is InChI=1S/C17H24N2O3/c1-11-8-12(2)15(13(3)9-11)10-18-17(22)19-6-4-14(5-7-19)16(20)21/h8-9,14H,4-7,10H2,1-3H3,(H,18,22)(H,20,21). The molecule has 5 nitrogen and oxygen atoms in total. The van der Waals surface area contributed by atoms with Gasteiger partial charge in [0.15, 0.2) is 0 Å². The van der Waals surface area contributed by atoms with Gasteiger partial charge in [0.1, 0.15) is 0 Å². The van der Waals surface area contributed by atoms with Crippen molar-refractivity contribution in [3.05, 3.63) is 34.4 Å². The molecule has 1 aliphatic heterocycles. The molecule has 0 aromatic heterocycles. The summed E-state index contributed by atoms with van der Waals surface area (Å²) in [5.74, 6) is -1.07. The Morgan fingerprint density at radius 2 is 1.73 bits per heavy atom. The number of hydrogen-bond acceptors (Lipinski definition) is 2. The van der Waals surface area contributed by atoms with E-state index in [1.807, 2.05) is 0 Å². The Morgan fingerprint density at radius 3 is 2.23 bits per heavy atom. The molecule has 0 radical (unpaired) electrons. The van der Waals surface area contributed by atoms with Crippen LogP contribution in [0.15, 0.2) is 12.1 Å². The van der Waals surface area contributed by atoms with E-state index in [0.717, 1.165) is 5.56 Å². The molecule has 2 amide bonds. The van der Waals surface area contributed by atoms with Gasteiger partial charge in [0, 0.05) is 19.6 Å². The number of piperidine rings is 1. The molecular weight excluding hydrogens is 280 g/mol. The number of rotatable bonds is 3. The van der Waals surface area contributed by atoms with Gasteiger partial charge in [0.05, 0.1) is 5.92 Å². The lowest BCUT2D eigenvalue weighted by atomic mass is 9.97. The van der Waals surface area contributed by atoms with Crippen LogP contribution in [0.25, 0.3) is 0 Å². The fraction of sp³-hybridized carbons (Fsp3) is 0.529. The van der Waals surface area contributed by atoms with Crippen LogP contribution in [-0.2, 0) is 11.3 Å². The molecule has 1 fully saturated rings. The maximum Gasteiger partial charge on any atom is 0.317 e. The van der Waals surface area contributed by atoms with Gasteiger partial charge in [0.2, 0.25) is 0 Å². The summed E-state index contributed by atoms with van der Waals surface area (Å²) in [7, 11) is 0. The molecule has 0 saturated carbocycles. The second kappa shape index (κ2) is 6.81. The minimum absolute atomic E-state index is 0.108. The summed E-state index contributed by atoms with van der Waals surface area (Å²) < 4.78 is 0. The molecule has 1 saturated heterocycles. The second-order valence-corrected chi connectivity index (χ2v) is 6.14. The van der Waals surface area contributed by atoms with Crippen molar-refractivity contribution in [2.24, 2.45) is 5.92 Å². The quantitative estimate of drug-likeness (QED) is 0.902. The van der Waals surface area contributed by atoms with Crippen LogP contribution < -0.4 is 5.32 Å². The number of likely N-dealkylation sites (tertiary alicyclic amines) is 1. The highest BCUT2D eigenvalue weighted by atomic mass is 16.4. The molecule has 2 N–H and O–H groups in total. The van der Waals surface area contributed by atoms with Crippen LogP contribution in [0.3, 0.4) is 0 Å². The summed E-state index contributed by atoms with van der Waals surface area (Å²) >= 11 is 0. The van der Waals surface area contributed by atoms with Crippen LogP contribution in [0.1, 0.15) is 35.1 Å². The van der Waals surface area contributed by atoms with Crippen molar-refractivity contribution in [1.82, 2.24) is 10.2 Å². The Bertz CT molecular complexity index is 552. The third-order valence-electron chi connectivity index (χ3n) is 4.39. The SMILES string of the molecule is Cc1cc(C)c(CNC(=O)N2CCC(C(=O)O)CC2)c(C)c1. The highest BCUT2D eigenvalue weighted by molar-refractivity contribution is 5.75. The minimum Gasteiger partial charge on any atom is -0.481 e. The first-order valence-corrected chi connectivity index (χ1v) is 7.70. The average Bonchev–Trinajstić information content (AvgIpc) is 2.46. The lowest BCUT2D eigenvalue weighted by molar-refractivity contribution is -0.143. The first-order chi connectivity index (χ1) is 10.4. The number of urea groups is 1. The van der Waals surface area contributed by atoms with Crippen LogP contribution in [0.2, 0.25) is 0 Å². The summed E-state index contributed by atoms with van der Waals surface area (Å²) in [4.78, 5) is 24.8. The number of nitrogens with zero attached hydrogens (tertiary/aromatic N) is 1. The largest absolute Gasteiger partial charge is 0.481 e. The molecule has 120 valence electrons. The van der Waals surface area contributed by atoms with Gasteiger partial charge in [-0.1, -0.05) is 17.7 Å². The Morgan fingerprint density at radius 1 is 1.18 bits per heavy atom. The highest BCUT2D eigenvalue weighted by Gasteiger charge is 2.26. The molecular formula is C17H24N2O3. The number of nitrogens with one attached hydrogen (secondary N) is 1. The summed E-state index contributed by atoms with van der Waals surface area (Å²) in [5.41, 5.74) is 4.74. The highest BCUT2D eigenvalue weighted by Crippen LogP contribution is 2.18. The van der Waals surface area contributed by atoms with Crippen LogP contribution in [0.5, 0.6) is 0 Å². The van der Waals surface area contributed by atoms with Crippen LogP contribution in [0.4, 0.5) is 4.79 Å². The van der Waals surface area contributed by atoms with E-state index >= 15 is 0 Å². The molecule has 0 unspecified atom stereocenters. The number of carbonyl (C=O) groups is 2. The second-order valence-electron chi connectivity index (χ2n) is 6.14. The fourth-order valence-corrected chi connectivity index (χ4v) is 3.09. The lowest BCUT2D eigenvalue weighted by Crippen LogP contribution is -2.45. The summed E-state index contributed by atoms with van der Waals surface area (Å²) in [6, 6.07) is 4.13. The number of aliphatic carboxylic acids is 1. The normalized spacial score (nSPS) is 15.7. The molecule has 1 aromatic rings. The molecule has 1 aromatic carbocycles. The van der Waals surface area contributed by atoms with E-state index in [9.17, 15) is 9.59 Å². The third-order valence-corrected chi connectivity index (χ3v) is 4.39. The first kappa shape index (κ1) is 16.3. The molecule has 0 spiro atoms. The third kappa shape index (κ3) is 3.78. The van der Waals surface area contributed by atoms with Crippen molar-refractivity contribution >= 4 is 12.0 Å². The van der Waals surface area contributed by atoms with Gasteiger partial charge in [-0.15, -0.1) is 0 Å². The zero-order valence-electron chi connectivity index (χ0n) is 13.5. The van der Waals surface area contributed by atoms with Crippen LogP contribution in [-0.4, -0.2) is 35.1 Å². The molecule has 1 heterocycles. The van der Waals surface area contributed by atoms with Gasteiger partial charge in [-0.2, -0.15) is 0 Å². The van der Waals surface area contributed by atoms with Gasteiger partial charge in [-0.3, -0.25) is 4.79 Å². The van der Waals surface area contributed by atoms with Crippen molar-refractivity contribution in [2.75, 3.05) is 13.1 Å². The van der Waals surface area contributed by atoms with Crippen molar-refractivity contribution in [1.29, 1.82) is 0 Å². The van der Waals surface area contributed by atoms with Crippen molar-refractivity contribution < 1.29 is 14.7 Å². The van der Waals surface area contributed by atoms with Gasteiger partial charge < -0.3 is 15.3 Å². The van der Waals surface area contributed by atoms with Gasteiger partial charge in [-0.25, -0.2) is 4.79 Å². The van der Waals surface area contributed by atoms with E-state index in [4.69, 9.17) is 5.11 Å². The average molecular weight is 304 g/mol. The lowest BCUT2D eigenvalue weighted by Gasteiger charge is -2.30. The van der Waals surface area contributed by atoms with Crippen LogP contribution >= 0.6 is 0 Å². The maximum atomic E-state index is 12.2. The zero-order chi connectivity index (χ0) is 16.3. The number of benzene rings is 1. The molecule has 0 atom stereocenters. The Labute approximate surface area is 131 Å². The Kier molecular flexibility index (Phi) is 5.06. The van der Waals surface area contributed by atoms with E-state index in [-0.39, 0.29) is 11.9 Å². The molecule has 0 aliphatic carbocycles. The van der Waals surface area contributed by atoms with Crippen LogP contribution in [0, 0.1) is 26.7 Å². The molecule has 0 bridgehead atoms. The van der Waals surface area contributed by atoms with E-state index in [1.165, 1.54) is 16.7 Å². The summed E-state index contributed by atoms with van der Waals surface area (Å²) in [5, 5.41) is 11.9. The molecule has 5 heteroatoms. The maximum absolute atomic E-state index is 12.2. The fourth-order valence-electron chi connectivity index (χ4n) is 3.09.